The SMILES string of the molecule is CC[NH+]1CCc2nc3ccccc3c(C(=O)Nc3ccc(NC(C)=O)cc3)c2C1. The Balaban J connectivity index is 1.70. The molecule has 0 bridgehead atoms. The molecular formula is C23H25N4O2+. The molecule has 3 N–H and O–H groups in total. The van der Waals surface area contributed by atoms with Gasteiger partial charge in [0.15, 0.2) is 0 Å². The summed E-state index contributed by atoms with van der Waals surface area (Å²) in [5, 5.41) is 6.64. The van der Waals surface area contributed by atoms with Gasteiger partial charge in [-0.3, -0.25) is 14.6 Å². The van der Waals surface area contributed by atoms with Crippen LogP contribution >= 0.6 is 0 Å². The Morgan fingerprint density at radius 2 is 1.72 bits per heavy atom. The number of rotatable bonds is 4. The summed E-state index contributed by atoms with van der Waals surface area (Å²) in [6, 6.07) is 15.0. The average Bonchev–Trinajstić information content (AvgIpc) is 2.72. The summed E-state index contributed by atoms with van der Waals surface area (Å²) in [7, 11) is 0. The first-order chi connectivity index (χ1) is 14.0. The number of likely N-dealkylation sites (N-methyl/N-ethyl adjacent to an activating group) is 1. The van der Waals surface area contributed by atoms with Crippen LogP contribution in [0, 0.1) is 0 Å². The number of nitrogens with one attached hydrogen (secondary N) is 3. The third kappa shape index (κ3) is 3.98. The number of pyridine rings is 1. The molecule has 2 aromatic carbocycles. The molecule has 1 aliphatic heterocycles. The second-order valence-electron chi connectivity index (χ2n) is 7.42. The van der Waals surface area contributed by atoms with Crippen LogP contribution in [0.1, 0.15) is 35.5 Å². The highest BCUT2D eigenvalue weighted by Gasteiger charge is 2.27. The molecule has 0 aliphatic carbocycles. The number of benzene rings is 2. The molecule has 2 amide bonds. The number of amides is 2. The third-order valence-corrected chi connectivity index (χ3v) is 5.41. The van der Waals surface area contributed by atoms with E-state index in [0.29, 0.717) is 11.4 Å². The number of quaternary nitrogens is 1. The summed E-state index contributed by atoms with van der Waals surface area (Å²) in [5.74, 6) is -0.246. The van der Waals surface area contributed by atoms with Gasteiger partial charge < -0.3 is 15.5 Å². The Kier molecular flexibility index (Phi) is 5.27. The fourth-order valence-electron chi connectivity index (χ4n) is 3.93. The first-order valence-corrected chi connectivity index (χ1v) is 9.98. The molecular weight excluding hydrogens is 364 g/mol. The van der Waals surface area contributed by atoms with Gasteiger partial charge in [0.25, 0.3) is 5.91 Å². The van der Waals surface area contributed by atoms with Crippen molar-refractivity contribution in [1.82, 2.24) is 4.98 Å². The summed E-state index contributed by atoms with van der Waals surface area (Å²) in [5.41, 5.74) is 5.06. The van der Waals surface area contributed by atoms with Crippen molar-refractivity contribution < 1.29 is 14.5 Å². The van der Waals surface area contributed by atoms with Gasteiger partial charge in [0.2, 0.25) is 5.91 Å². The first-order valence-electron chi connectivity index (χ1n) is 9.98. The van der Waals surface area contributed by atoms with Gasteiger partial charge in [0.05, 0.1) is 29.9 Å². The minimum Gasteiger partial charge on any atom is -0.331 e. The van der Waals surface area contributed by atoms with Crippen molar-refractivity contribution in [2.45, 2.75) is 26.8 Å². The van der Waals surface area contributed by atoms with Crippen molar-refractivity contribution in [3.63, 3.8) is 0 Å². The lowest BCUT2D eigenvalue weighted by atomic mass is 9.95. The molecule has 4 rings (SSSR count). The number of para-hydroxylation sites is 1. The summed E-state index contributed by atoms with van der Waals surface area (Å²) in [6.45, 7) is 6.52. The summed E-state index contributed by atoms with van der Waals surface area (Å²) < 4.78 is 0. The Morgan fingerprint density at radius 1 is 1.03 bits per heavy atom. The van der Waals surface area contributed by atoms with Crippen molar-refractivity contribution in [2.75, 3.05) is 23.7 Å². The van der Waals surface area contributed by atoms with E-state index in [4.69, 9.17) is 4.98 Å². The van der Waals surface area contributed by atoms with Crippen molar-refractivity contribution in [3.8, 4) is 0 Å². The molecule has 0 saturated carbocycles. The Hall–Kier alpha value is -3.25. The lowest BCUT2D eigenvalue weighted by molar-refractivity contribution is -0.914. The lowest BCUT2D eigenvalue weighted by Crippen LogP contribution is -3.11. The number of aromatic nitrogens is 1. The molecule has 29 heavy (non-hydrogen) atoms. The van der Waals surface area contributed by atoms with Gasteiger partial charge in [-0.2, -0.15) is 0 Å². The highest BCUT2D eigenvalue weighted by Crippen LogP contribution is 2.26. The second-order valence-corrected chi connectivity index (χ2v) is 7.42. The van der Waals surface area contributed by atoms with Crippen molar-refractivity contribution in [1.29, 1.82) is 0 Å². The summed E-state index contributed by atoms with van der Waals surface area (Å²) >= 11 is 0. The third-order valence-electron chi connectivity index (χ3n) is 5.41. The van der Waals surface area contributed by atoms with E-state index in [1.807, 2.05) is 24.3 Å². The summed E-state index contributed by atoms with van der Waals surface area (Å²) in [6.07, 6.45) is 0.884. The van der Waals surface area contributed by atoms with Crippen molar-refractivity contribution in [3.05, 3.63) is 65.4 Å². The number of hydrogen-bond acceptors (Lipinski definition) is 3. The van der Waals surface area contributed by atoms with Crippen LogP contribution in [-0.2, 0) is 17.8 Å². The molecule has 1 unspecified atom stereocenters. The van der Waals surface area contributed by atoms with Crippen LogP contribution in [0.25, 0.3) is 10.9 Å². The fourth-order valence-corrected chi connectivity index (χ4v) is 3.93. The molecule has 6 nitrogen and oxygen atoms in total. The van der Waals surface area contributed by atoms with E-state index in [1.165, 1.54) is 11.8 Å². The number of carbonyl (C=O) groups is 2. The average molecular weight is 389 g/mol. The number of carbonyl (C=O) groups excluding carboxylic acids is 2. The van der Waals surface area contributed by atoms with E-state index in [-0.39, 0.29) is 11.8 Å². The van der Waals surface area contributed by atoms with Gasteiger partial charge in [-0.25, -0.2) is 0 Å². The molecule has 0 spiro atoms. The predicted molar refractivity (Wildman–Crippen MR) is 114 cm³/mol. The molecule has 1 aliphatic rings. The Labute approximate surface area is 169 Å². The summed E-state index contributed by atoms with van der Waals surface area (Å²) in [4.78, 5) is 30.8. The van der Waals surface area contributed by atoms with E-state index in [9.17, 15) is 9.59 Å². The van der Waals surface area contributed by atoms with Gasteiger partial charge in [-0.15, -0.1) is 0 Å². The van der Waals surface area contributed by atoms with Crippen LogP contribution in [-0.4, -0.2) is 29.9 Å². The quantitative estimate of drug-likeness (QED) is 0.641. The molecule has 0 radical (unpaired) electrons. The molecule has 6 heteroatoms. The largest absolute Gasteiger partial charge is 0.331 e. The molecule has 0 saturated heterocycles. The van der Waals surface area contributed by atoms with Crippen LogP contribution in [0.5, 0.6) is 0 Å². The molecule has 1 aromatic heterocycles. The first kappa shape index (κ1) is 19.1. The molecule has 3 aromatic rings. The molecule has 0 fully saturated rings. The van der Waals surface area contributed by atoms with E-state index in [2.05, 4.69) is 17.6 Å². The Bertz CT molecular complexity index is 1080. The number of hydrogen-bond donors (Lipinski definition) is 3. The maximum absolute atomic E-state index is 13.3. The predicted octanol–water partition coefficient (Wildman–Crippen LogP) is 2.41. The minimum atomic E-state index is -0.125. The van der Waals surface area contributed by atoms with Gasteiger partial charge in [0.1, 0.15) is 6.54 Å². The molecule has 148 valence electrons. The molecule has 1 atom stereocenters. The van der Waals surface area contributed by atoms with Gasteiger partial charge >= 0.3 is 0 Å². The zero-order valence-electron chi connectivity index (χ0n) is 16.7. The van der Waals surface area contributed by atoms with Crippen LogP contribution < -0.4 is 15.5 Å². The van der Waals surface area contributed by atoms with E-state index < -0.39 is 0 Å². The van der Waals surface area contributed by atoms with E-state index >= 15 is 0 Å². The number of fused-ring (bicyclic) bond motifs is 2. The van der Waals surface area contributed by atoms with Crippen molar-refractivity contribution in [2.24, 2.45) is 0 Å². The number of nitrogens with zero attached hydrogens (tertiary/aromatic N) is 1. The molecule has 2 heterocycles. The van der Waals surface area contributed by atoms with Gasteiger partial charge in [-0.05, 0) is 37.3 Å². The van der Waals surface area contributed by atoms with E-state index in [0.717, 1.165) is 53.8 Å². The number of anilines is 2. The monoisotopic (exact) mass is 389 g/mol. The minimum absolute atomic E-state index is 0.121. The van der Waals surface area contributed by atoms with Gasteiger partial charge in [0, 0.05) is 35.7 Å². The normalized spacial score (nSPS) is 15.6. The maximum atomic E-state index is 13.3. The van der Waals surface area contributed by atoms with Gasteiger partial charge in [-0.1, -0.05) is 18.2 Å². The van der Waals surface area contributed by atoms with Crippen LogP contribution in [0.4, 0.5) is 11.4 Å². The zero-order valence-corrected chi connectivity index (χ0v) is 16.7. The van der Waals surface area contributed by atoms with Crippen LogP contribution in [0.15, 0.2) is 48.5 Å². The fraction of sp³-hybridized carbons (Fsp3) is 0.261. The standard InChI is InChI=1S/C23H24N4O2/c1-3-27-13-12-21-19(14-27)22(18-6-4-5-7-20(18)26-21)23(29)25-17-10-8-16(9-11-17)24-15(2)28/h4-11H,3,12-14H2,1-2H3,(H,24,28)(H,25,29)/p+1. The van der Waals surface area contributed by atoms with Crippen molar-refractivity contribution >= 4 is 34.1 Å². The topological polar surface area (TPSA) is 75.5 Å². The Morgan fingerprint density at radius 3 is 2.41 bits per heavy atom. The second kappa shape index (κ2) is 8.01. The van der Waals surface area contributed by atoms with Crippen LogP contribution in [0.2, 0.25) is 0 Å². The zero-order chi connectivity index (χ0) is 20.4. The maximum Gasteiger partial charge on any atom is 0.256 e. The highest BCUT2D eigenvalue weighted by molar-refractivity contribution is 6.13. The van der Waals surface area contributed by atoms with E-state index in [1.54, 1.807) is 24.3 Å². The highest BCUT2D eigenvalue weighted by atomic mass is 16.2. The smallest absolute Gasteiger partial charge is 0.256 e. The lowest BCUT2D eigenvalue weighted by Gasteiger charge is -2.26. The van der Waals surface area contributed by atoms with Crippen LogP contribution in [0.3, 0.4) is 0 Å².